The molecule has 0 radical (unpaired) electrons. The first-order valence-corrected chi connectivity index (χ1v) is 7.97. The first-order chi connectivity index (χ1) is 10.1. The lowest BCUT2D eigenvalue weighted by Crippen LogP contribution is -2.12. The summed E-state index contributed by atoms with van der Waals surface area (Å²) in [4.78, 5) is 11.7. The Labute approximate surface area is 137 Å². The molecule has 0 aliphatic rings. The van der Waals surface area contributed by atoms with Crippen LogP contribution in [0.1, 0.15) is 19.8 Å². The quantitative estimate of drug-likeness (QED) is 0.241. The molecule has 0 aliphatic carbocycles. The Bertz CT molecular complexity index is 543. The van der Waals surface area contributed by atoms with Gasteiger partial charge in [-0.3, -0.25) is 4.79 Å². The van der Waals surface area contributed by atoms with Crippen molar-refractivity contribution in [3.63, 3.8) is 0 Å². The molecule has 1 aromatic rings. The summed E-state index contributed by atoms with van der Waals surface area (Å²) >= 11 is 2.29. The summed E-state index contributed by atoms with van der Waals surface area (Å²) in [5, 5.41) is 20.7. The van der Waals surface area contributed by atoms with Gasteiger partial charge in [0.05, 0.1) is 24.7 Å². The highest BCUT2D eigenvalue weighted by molar-refractivity contribution is 14.1. The molecule has 0 fully saturated rings. The van der Waals surface area contributed by atoms with E-state index in [0.29, 0.717) is 12.3 Å². The Balaban J connectivity index is 2.54. The fourth-order valence-corrected chi connectivity index (χ4v) is 1.80. The van der Waals surface area contributed by atoms with Gasteiger partial charge in [-0.25, -0.2) is 0 Å². The van der Waals surface area contributed by atoms with Gasteiger partial charge < -0.3 is 15.2 Å². The number of rotatable bonds is 7. The fraction of sp³-hybridized carbons (Fsp3) is 0.333. The molecule has 112 valence electrons. The maximum Gasteiger partial charge on any atom is 0.229 e. The van der Waals surface area contributed by atoms with Crippen LogP contribution in [0.15, 0.2) is 35.6 Å². The lowest BCUT2D eigenvalue weighted by atomic mass is 10.1. The van der Waals surface area contributed by atoms with Crippen molar-refractivity contribution in [3.8, 4) is 11.8 Å². The van der Waals surface area contributed by atoms with Gasteiger partial charge in [0.1, 0.15) is 11.5 Å². The average Bonchev–Trinajstić information content (AvgIpc) is 2.46. The summed E-state index contributed by atoms with van der Waals surface area (Å²) in [6.45, 7) is 2.05. The molecule has 5 nitrogen and oxygen atoms in total. The van der Waals surface area contributed by atoms with Gasteiger partial charge in [-0.1, -0.05) is 22.6 Å². The van der Waals surface area contributed by atoms with Crippen LogP contribution in [-0.2, 0) is 4.79 Å². The average molecular weight is 400 g/mol. The zero-order chi connectivity index (χ0) is 15.7. The van der Waals surface area contributed by atoms with Gasteiger partial charge in [0.15, 0.2) is 0 Å². The summed E-state index contributed by atoms with van der Waals surface area (Å²) in [5.74, 6) is 0.270. The van der Waals surface area contributed by atoms with Gasteiger partial charge in [-0.05, 0) is 37.6 Å². The van der Waals surface area contributed by atoms with Crippen LogP contribution < -0.4 is 10.1 Å². The number of halogens is 1. The van der Waals surface area contributed by atoms with E-state index in [4.69, 9.17) is 10.00 Å². The minimum Gasteiger partial charge on any atom is -0.512 e. The number of ether oxygens (including phenoxy) is 1. The molecular formula is C15H17IN2O3. The van der Waals surface area contributed by atoms with E-state index in [2.05, 4.69) is 27.9 Å². The van der Waals surface area contributed by atoms with Crippen molar-refractivity contribution in [2.45, 2.75) is 19.8 Å². The van der Waals surface area contributed by atoms with Crippen molar-refractivity contribution < 1.29 is 14.6 Å². The van der Waals surface area contributed by atoms with Crippen LogP contribution in [0, 0.1) is 11.3 Å². The number of amides is 1. The summed E-state index contributed by atoms with van der Waals surface area (Å²) in [7, 11) is 0. The van der Waals surface area contributed by atoms with E-state index < -0.39 is 0 Å². The maximum atomic E-state index is 11.7. The molecule has 0 saturated heterocycles. The van der Waals surface area contributed by atoms with Crippen molar-refractivity contribution in [1.29, 1.82) is 5.26 Å². The molecule has 0 aromatic heterocycles. The molecule has 1 rings (SSSR count). The number of alkyl halides is 1. The summed E-state index contributed by atoms with van der Waals surface area (Å²) in [6, 6.07) is 8.83. The lowest BCUT2D eigenvalue weighted by Gasteiger charge is -2.08. The van der Waals surface area contributed by atoms with Crippen LogP contribution in [0.4, 0.5) is 5.69 Å². The van der Waals surface area contributed by atoms with Gasteiger partial charge in [0.2, 0.25) is 5.91 Å². The van der Waals surface area contributed by atoms with Crippen LogP contribution in [0.3, 0.4) is 0 Å². The first kappa shape index (κ1) is 17.3. The van der Waals surface area contributed by atoms with E-state index in [-0.39, 0.29) is 23.7 Å². The van der Waals surface area contributed by atoms with Crippen LogP contribution in [0.25, 0.3) is 0 Å². The van der Waals surface area contributed by atoms with Crippen LogP contribution in [0.2, 0.25) is 0 Å². The van der Waals surface area contributed by atoms with Gasteiger partial charge in [-0.15, -0.1) is 0 Å². The number of hydrogen-bond acceptors (Lipinski definition) is 4. The molecule has 0 bridgehead atoms. The summed E-state index contributed by atoms with van der Waals surface area (Å²) < 4.78 is 6.57. The predicted octanol–water partition coefficient (Wildman–Crippen LogP) is 3.57. The number of anilines is 1. The van der Waals surface area contributed by atoms with Crippen molar-refractivity contribution >= 4 is 34.2 Å². The number of carbonyl (C=O) groups excluding carboxylic acids is 1. The number of nitriles is 1. The number of aliphatic hydroxyl groups excluding tert-OH is 1. The van der Waals surface area contributed by atoms with Gasteiger partial charge in [0.25, 0.3) is 0 Å². The summed E-state index contributed by atoms with van der Waals surface area (Å²) in [5.41, 5.74) is 0.681. The number of allylic oxidation sites excluding steroid dienone is 1. The fourth-order valence-electron chi connectivity index (χ4n) is 1.49. The smallest absolute Gasteiger partial charge is 0.229 e. The third-order valence-electron chi connectivity index (χ3n) is 2.59. The molecule has 0 saturated carbocycles. The van der Waals surface area contributed by atoms with Crippen molar-refractivity contribution in [3.05, 3.63) is 35.6 Å². The van der Waals surface area contributed by atoms with E-state index in [9.17, 15) is 9.90 Å². The second-order valence-corrected chi connectivity index (χ2v) is 5.39. The third kappa shape index (κ3) is 6.49. The van der Waals surface area contributed by atoms with Crippen molar-refractivity contribution in [2.24, 2.45) is 0 Å². The van der Waals surface area contributed by atoms with Gasteiger partial charge in [0, 0.05) is 10.1 Å². The molecule has 0 atom stereocenters. The van der Waals surface area contributed by atoms with Crippen molar-refractivity contribution in [2.75, 3.05) is 16.4 Å². The van der Waals surface area contributed by atoms with E-state index in [1.807, 2.05) is 0 Å². The molecule has 0 spiro atoms. The zero-order valence-electron chi connectivity index (χ0n) is 11.7. The third-order valence-corrected chi connectivity index (χ3v) is 3.36. The molecular weight excluding hydrogens is 383 g/mol. The molecule has 1 aromatic carbocycles. The molecule has 1 amide bonds. The standard InChI is InChI=1S/C15H17IN2O3/c1-11(19)12(10-17)9-15(20)18-13-3-5-14(6-4-13)21-8-2-7-16/h3-6,19H,2,7-9H2,1H3,(H,18,20)/b12-11+. The minimum absolute atomic E-state index is 0.0613. The number of hydrogen-bond donors (Lipinski definition) is 2. The maximum absolute atomic E-state index is 11.7. The second-order valence-electron chi connectivity index (χ2n) is 4.32. The number of benzene rings is 1. The molecule has 6 heteroatoms. The molecule has 0 aliphatic heterocycles. The first-order valence-electron chi connectivity index (χ1n) is 6.44. The predicted molar refractivity (Wildman–Crippen MR) is 89.6 cm³/mol. The zero-order valence-corrected chi connectivity index (χ0v) is 13.9. The second kappa shape index (κ2) is 9.23. The number of nitrogens with one attached hydrogen (secondary N) is 1. The minimum atomic E-state index is -0.349. The van der Waals surface area contributed by atoms with Gasteiger partial charge in [-0.2, -0.15) is 5.26 Å². The number of aliphatic hydroxyl groups is 1. The highest BCUT2D eigenvalue weighted by atomic mass is 127. The topological polar surface area (TPSA) is 82.3 Å². The van der Waals surface area contributed by atoms with E-state index >= 15 is 0 Å². The SMILES string of the molecule is C/C(O)=C(\C#N)CC(=O)Nc1ccc(OCCCI)cc1. The largest absolute Gasteiger partial charge is 0.512 e. The van der Waals surface area contributed by atoms with Crippen LogP contribution in [0.5, 0.6) is 5.75 Å². The van der Waals surface area contributed by atoms with Gasteiger partial charge >= 0.3 is 0 Å². The molecule has 0 unspecified atom stereocenters. The van der Waals surface area contributed by atoms with E-state index in [1.165, 1.54) is 6.92 Å². The van der Waals surface area contributed by atoms with E-state index in [0.717, 1.165) is 16.6 Å². The Hall–Kier alpha value is -1.75. The van der Waals surface area contributed by atoms with Crippen LogP contribution in [-0.4, -0.2) is 22.0 Å². The summed E-state index contributed by atoms with van der Waals surface area (Å²) in [6.07, 6.45) is 0.843. The lowest BCUT2D eigenvalue weighted by molar-refractivity contribution is -0.115. The monoisotopic (exact) mass is 400 g/mol. The highest BCUT2D eigenvalue weighted by Crippen LogP contribution is 2.17. The molecule has 2 N–H and O–H groups in total. The van der Waals surface area contributed by atoms with Crippen molar-refractivity contribution in [1.82, 2.24) is 0 Å². The Kier molecular flexibility index (Phi) is 7.61. The Morgan fingerprint density at radius 1 is 1.43 bits per heavy atom. The number of carbonyl (C=O) groups is 1. The van der Waals surface area contributed by atoms with Crippen LogP contribution >= 0.6 is 22.6 Å². The van der Waals surface area contributed by atoms with E-state index in [1.54, 1.807) is 30.3 Å². The Morgan fingerprint density at radius 3 is 2.62 bits per heavy atom. The normalized spacial score (nSPS) is 11.3. The number of nitrogens with zero attached hydrogens (tertiary/aromatic N) is 1. The molecule has 0 heterocycles. The molecule has 21 heavy (non-hydrogen) atoms. The highest BCUT2D eigenvalue weighted by Gasteiger charge is 2.09. The Morgan fingerprint density at radius 2 is 2.10 bits per heavy atom.